The van der Waals surface area contributed by atoms with Crippen molar-refractivity contribution in [2.75, 3.05) is 6.61 Å². The minimum absolute atomic E-state index is 0.185. The van der Waals surface area contributed by atoms with E-state index in [9.17, 15) is 14.7 Å². The van der Waals surface area contributed by atoms with Crippen LogP contribution in [0.5, 0.6) is 0 Å². The van der Waals surface area contributed by atoms with Crippen LogP contribution in [-0.4, -0.2) is 33.1 Å². The van der Waals surface area contributed by atoms with E-state index in [0.717, 1.165) is 11.1 Å². The average Bonchev–Trinajstić information content (AvgIpc) is 3.22. The smallest absolute Gasteiger partial charge is 0.333 e. The van der Waals surface area contributed by atoms with Crippen LogP contribution in [0.4, 0.5) is 0 Å². The Morgan fingerprint density at radius 3 is 2.32 bits per heavy atom. The number of nitrogens with zero attached hydrogens (tertiary/aromatic N) is 2. The molecule has 3 atom stereocenters. The molecule has 0 spiro atoms. The highest BCUT2D eigenvalue weighted by Gasteiger charge is 2.37. The lowest BCUT2D eigenvalue weighted by Crippen LogP contribution is -2.42. The Hall–Kier alpha value is -3.00. The second-order valence-electron chi connectivity index (χ2n) is 7.76. The Kier molecular flexibility index (Phi) is 6.46. The van der Waals surface area contributed by atoms with Gasteiger partial charge in [0, 0.05) is 18.2 Å². The van der Waals surface area contributed by atoms with Gasteiger partial charge in [-0.25, -0.2) is 4.79 Å². The summed E-state index contributed by atoms with van der Waals surface area (Å²) < 4.78 is 14.6. The lowest BCUT2D eigenvalue weighted by Gasteiger charge is -2.17. The molecule has 2 aromatic carbocycles. The first-order valence-corrected chi connectivity index (χ1v) is 10.3. The van der Waals surface area contributed by atoms with Gasteiger partial charge in [-0.2, -0.15) is 0 Å². The lowest BCUT2D eigenvalue weighted by molar-refractivity contribution is -0.0660. The topological polar surface area (TPSA) is 82.7 Å². The maximum absolute atomic E-state index is 13.2. The third-order valence-corrected chi connectivity index (χ3v) is 5.53. The molecule has 1 aromatic heterocycles. The van der Waals surface area contributed by atoms with Crippen molar-refractivity contribution in [1.29, 1.82) is 0 Å². The van der Waals surface area contributed by atoms with Gasteiger partial charge < -0.3 is 14.6 Å². The van der Waals surface area contributed by atoms with Crippen molar-refractivity contribution in [3.05, 3.63) is 104 Å². The van der Waals surface area contributed by atoms with E-state index in [1.54, 1.807) is 6.92 Å². The van der Waals surface area contributed by atoms with E-state index in [4.69, 9.17) is 9.47 Å². The summed E-state index contributed by atoms with van der Waals surface area (Å²) in [5.41, 5.74) is 1.58. The van der Waals surface area contributed by atoms with Gasteiger partial charge in [-0.3, -0.25) is 13.9 Å². The summed E-state index contributed by atoms with van der Waals surface area (Å²) in [6.45, 7) is 2.04. The van der Waals surface area contributed by atoms with E-state index in [-0.39, 0.29) is 24.8 Å². The normalized spacial score (nSPS) is 20.8. The van der Waals surface area contributed by atoms with Crippen molar-refractivity contribution in [3.63, 3.8) is 0 Å². The molecule has 0 saturated carbocycles. The zero-order valence-corrected chi connectivity index (χ0v) is 17.4. The molecule has 1 saturated heterocycles. The molecule has 0 bridgehead atoms. The van der Waals surface area contributed by atoms with Gasteiger partial charge in [-0.15, -0.1) is 0 Å². The van der Waals surface area contributed by atoms with Crippen LogP contribution in [0.15, 0.2) is 76.4 Å². The van der Waals surface area contributed by atoms with Gasteiger partial charge in [-0.1, -0.05) is 60.7 Å². The van der Waals surface area contributed by atoms with Gasteiger partial charge in [0.25, 0.3) is 5.56 Å². The van der Waals surface area contributed by atoms with Gasteiger partial charge in [0.1, 0.15) is 12.3 Å². The minimum atomic E-state index is -0.619. The number of aryl methyl sites for hydroxylation is 1. The van der Waals surface area contributed by atoms with E-state index >= 15 is 0 Å². The van der Waals surface area contributed by atoms with Crippen molar-refractivity contribution >= 4 is 0 Å². The van der Waals surface area contributed by atoms with E-state index < -0.39 is 18.0 Å². The first-order chi connectivity index (χ1) is 15.1. The number of hydrogen-bond donors (Lipinski definition) is 1. The summed E-state index contributed by atoms with van der Waals surface area (Å²) in [5.74, 6) is 0. The molecule has 2 heterocycles. The molecule has 3 aromatic rings. The Balaban J connectivity index is 1.57. The standard InChI is InChI=1S/C24H26N2O5/c1-17-13-25(24(29)26(23(17)28)14-18-8-4-2-5-9-18)22-12-20(21(15-27)31-22)30-16-19-10-6-3-7-11-19/h2-11,13,20-22,27H,12,14-16H2,1H3/t20-,21-,22+/m0/s1. The number of benzene rings is 2. The minimum Gasteiger partial charge on any atom is -0.394 e. The summed E-state index contributed by atoms with van der Waals surface area (Å²) in [7, 11) is 0. The van der Waals surface area contributed by atoms with Crippen LogP contribution >= 0.6 is 0 Å². The fourth-order valence-corrected chi connectivity index (χ4v) is 3.86. The molecule has 0 unspecified atom stereocenters. The Bertz CT molecular complexity index is 1120. The first kappa shape index (κ1) is 21.2. The first-order valence-electron chi connectivity index (χ1n) is 10.3. The van der Waals surface area contributed by atoms with Crippen LogP contribution in [0.25, 0.3) is 0 Å². The summed E-state index contributed by atoms with van der Waals surface area (Å²) in [4.78, 5) is 25.8. The van der Waals surface area contributed by atoms with Crippen LogP contribution in [-0.2, 0) is 22.6 Å². The van der Waals surface area contributed by atoms with E-state index in [0.29, 0.717) is 18.6 Å². The lowest BCUT2D eigenvalue weighted by atomic mass is 10.1. The monoisotopic (exact) mass is 422 g/mol. The summed E-state index contributed by atoms with van der Waals surface area (Å²) in [6, 6.07) is 19.1. The van der Waals surface area contributed by atoms with Crippen molar-refractivity contribution in [1.82, 2.24) is 9.13 Å². The summed E-state index contributed by atoms with van der Waals surface area (Å²) in [5, 5.41) is 9.77. The molecule has 7 nitrogen and oxygen atoms in total. The van der Waals surface area contributed by atoms with Crippen LogP contribution in [0.2, 0.25) is 0 Å². The molecule has 0 amide bonds. The maximum Gasteiger partial charge on any atom is 0.333 e. The number of aromatic nitrogens is 2. The van der Waals surface area contributed by atoms with Crippen molar-refractivity contribution in [2.45, 2.75) is 44.9 Å². The zero-order chi connectivity index (χ0) is 21.8. The molecule has 1 N–H and O–H groups in total. The molecule has 162 valence electrons. The molecule has 31 heavy (non-hydrogen) atoms. The Labute approximate surface area is 180 Å². The predicted octanol–water partition coefficient (Wildman–Crippen LogP) is 2.23. The number of aliphatic hydroxyl groups is 1. The van der Waals surface area contributed by atoms with Crippen LogP contribution in [0.3, 0.4) is 0 Å². The molecule has 0 aliphatic carbocycles. The number of aliphatic hydroxyl groups excluding tert-OH is 1. The third kappa shape index (κ3) is 4.69. The van der Waals surface area contributed by atoms with Crippen molar-refractivity contribution in [2.24, 2.45) is 0 Å². The molecule has 1 aliphatic rings. The molecular formula is C24H26N2O5. The largest absolute Gasteiger partial charge is 0.394 e. The average molecular weight is 422 g/mol. The molecule has 7 heteroatoms. The number of rotatable bonds is 7. The summed E-state index contributed by atoms with van der Waals surface area (Å²) >= 11 is 0. The van der Waals surface area contributed by atoms with Crippen molar-refractivity contribution in [3.8, 4) is 0 Å². The quantitative estimate of drug-likeness (QED) is 0.631. The summed E-state index contributed by atoms with van der Waals surface area (Å²) in [6.07, 6.45) is 0.408. The van der Waals surface area contributed by atoms with Gasteiger partial charge in [0.05, 0.1) is 25.9 Å². The Morgan fingerprint density at radius 1 is 1.03 bits per heavy atom. The molecule has 1 fully saturated rings. The van der Waals surface area contributed by atoms with Crippen molar-refractivity contribution < 1.29 is 14.6 Å². The molecule has 0 radical (unpaired) electrons. The number of hydrogen-bond acceptors (Lipinski definition) is 5. The molecular weight excluding hydrogens is 396 g/mol. The van der Waals surface area contributed by atoms with Crippen LogP contribution in [0, 0.1) is 6.92 Å². The highest BCUT2D eigenvalue weighted by molar-refractivity contribution is 5.16. The molecule has 4 rings (SSSR count). The second-order valence-corrected chi connectivity index (χ2v) is 7.76. The van der Waals surface area contributed by atoms with E-state index in [2.05, 4.69) is 0 Å². The van der Waals surface area contributed by atoms with Crippen LogP contribution < -0.4 is 11.2 Å². The fourth-order valence-electron chi connectivity index (χ4n) is 3.86. The van der Waals surface area contributed by atoms with E-state index in [1.165, 1.54) is 15.3 Å². The highest BCUT2D eigenvalue weighted by Crippen LogP contribution is 2.30. The maximum atomic E-state index is 13.2. The molecule has 1 aliphatic heterocycles. The van der Waals surface area contributed by atoms with E-state index in [1.807, 2.05) is 60.7 Å². The van der Waals surface area contributed by atoms with Gasteiger partial charge in [-0.05, 0) is 18.1 Å². The van der Waals surface area contributed by atoms with Gasteiger partial charge >= 0.3 is 5.69 Å². The SMILES string of the molecule is Cc1cn([C@H]2C[C@H](OCc3ccccc3)[C@H](CO)O2)c(=O)n(Cc2ccccc2)c1=O. The zero-order valence-electron chi connectivity index (χ0n) is 17.4. The van der Waals surface area contributed by atoms with Crippen LogP contribution in [0.1, 0.15) is 29.3 Å². The Morgan fingerprint density at radius 2 is 1.68 bits per heavy atom. The highest BCUT2D eigenvalue weighted by atomic mass is 16.6. The predicted molar refractivity (Wildman–Crippen MR) is 116 cm³/mol. The second kappa shape index (κ2) is 9.43. The fraction of sp³-hybridized carbons (Fsp3) is 0.333. The van der Waals surface area contributed by atoms with Gasteiger partial charge in [0.2, 0.25) is 0 Å². The number of ether oxygens (including phenoxy) is 2. The van der Waals surface area contributed by atoms with Gasteiger partial charge in [0.15, 0.2) is 0 Å². The third-order valence-electron chi connectivity index (χ3n) is 5.53.